The molecule has 3 nitrogen and oxygen atoms in total. The van der Waals surface area contributed by atoms with E-state index in [1.165, 1.54) is 5.56 Å². The zero-order valence-corrected chi connectivity index (χ0v) is 11.6. The van der Waals surface area contributed by atoms with Crippen LogP contribution in [0.5, 0.6) is 0 Å². The van der Waals surface area contributed by atoms with E-state index in [2.05, 4.69) is 23.3 Å². The molecule has 0 aliphatic carbocycles. The van der Waals surface area contributed by atoms with Crippen molar-refractivity contribution in [1.29, 1.82) is 0 Å². The quantitative estimate of drug-likeness (QED) is 0.543. The molecule has 1 rings (SSSR count). The van der Waals surface area contributed by atoms with E-state index in [1.54, 1.807) is 7.11 Å². The van der Waals surface area contributed by atoms with E-state index in [1.807, 2.05) is 24.0 Å². The van der Waals surface area contributed by atoms with Gasteiger partial charge in [0.1, 0.15) is 5.03 Å². The number of thioether (sulfide) groups is 1. The van der Waals surface area contributed by atoms with Crippen LogP contribution >= 0.6 is 11.8 Å². The number of methoxy groups -OCH3 is 1. The molecule has 0 spiro atoms. The van der Waals surface area contributed by atoms with Gasteiger partial charge < -0.3 is 10.1 Å². The van der Waals surface area contributed by atoms with Crippen LogP contribution in [-0.4, -0.2) is 31.0 Å². The first kappa shape index (κ1) is 14.5. The fourth-order valence-corrected chi connectivity index (χ4v) is 2.38. The van der Waals surface area contributed by atoms with Crippen LogP contribution < -0.4 is 5.32 Å². The van der Waals surface area contributed by atoms with Gasteiger partial charge in [0.15, 0.2) is 0 Å². The highest BCUT2D eigenvalue weighted by Gasteiger charge is 2.03. The lowest BCUT2D eigenvalue weighted by Crippen LogP contribution is -2.14. The summed E-state index contributed by atoms with van der Waals surface area (Å²) in [6, 6.07) is 4.15. The molecule has 0 saturated heterocycles. The lowest BCUT2D eigenvalue weighted by Gasteiger charge is -2.08. The average molecular weight is 254 g/mol. The summed E-state index contributed by atoms with van der Waals surface area (Å²) in [5.41, 5.74) is 1.29. The van der Waals surface area contributed by atoms with Crippen molar-refractivity contribution >= 4 is 11.8 Å². The normalized spacial score (nSPS) is 10.7. The fourth-order valence-electron chi connectivity index (χ4n) is 1.46. The molecular weight excluding hydrogens is 232 g/mol. The van der Waals surface area contributed by atoms with Crippen LogP contribution in [-0.2, 0) is 11.3 Å². The second-order valence-corrected chi connectivity index (χ2v) is 4.92. The van der Waals surface area contributed by atoms with Crippen molar-refractivity contribution in [2.75, 3.05) is 26.0 Å². The van der Waals surface area contributed by atoms with Gasteiger partial charge in [-0.15, -0.1) is 11.8 Å². The van der Waals surface area contributed by atoms with E-state index in [-0.39, 0.29) is 0 Å². The lowest BCUT2D eigenvalue weighted by molar-refractivity contribution is 0.200. The number of nitrogens with one attached hydrogen (secondary N) is 1. The molecule has 0 unspecified atom stereocenters. The van der Waals surface area contributed by atoms with E-state index in [0.717, 1.165) is 43.3 Å². The van der Waals surface area contributed by atoms with E-state index < -0.39 is 0 Å². The second-order valence-electron chi connectivity index (χ2n) is 3.84. The summed E-state index contributed by atoms with van der Waals surface area (Å²) in [4.78, 5) is 4.44. The van der Waals surface area contributed by atoms with Crippen LogP contribution in [0.1, 0.15) is 25.3 Å². The zero-order chi connectivity index (χ0) is 12.3. The smallest absolute Gasteiger partial charge is 0.100 e. The van der Waals surface area contributed by atoms with Gasteiger partial charge in [-0.1, -0.05) is 13.0 Å². The van der Waals surface area contributed by atoms with Crippen molar-refractivity contribution in [3.05, 3.63) is 23.9 Å². The predicted octanol–water partition coefficient (Wildman–Crippen LogP) is 2.71. The van der Waals surface area contributed by atoms with Crippen LogP contribution in [0, 0.1) is 0 Å². The number of rotatable bonds is 9. The molecule has 0 aliphatic rings. The minimum atomic E-state index is 0.823. The highest BCUT2D eigenvalue weighted by Crippen LogP contribution is 2.20. The third-order valence-corrected chi connectivity index (χ3v) is 3.46. The second kappa shape index (κ2) is 9.45. The summed E-state index contributed by atoms with van der Waals surface area (Å²) in [5.74, 6) is 1.06. The van der Waals surface area contributed by atoms with Crippen molar-refractivity contribution in [1.82, 2.24) is 10.3 Å². The third-order valence-electron chi connectivity index (χ3n) is 2.32. The molecule has 0 atom stereocenters. The fraction of sp³-hybridized carbons (Fsp3) is 0.615. The maximum absolute atomic E-state index is 5.04. The van der Waals surface area contributed by atoms with E-state index in [9.17, 15) is 0 Å². The van der Waals surface area contributed by atoms with Gasteiger partial charge in [-0.05, 0) is 31.0 Å². The molecule has 0 aromatic carbocycles. The Hall–Kier alpha value is -0.580. The zero-order valence-electron chi connectivity index (χ0n) is 10.7. The Morgan fingerprint density at radius 3 is 3.12 bits per heavy atom. The standard InChI is InChI=1S/C13H22N2OS/c1-3-7-14-11-12-6-4-8-15-13(12)17-10-5-9-16-2/h4,6,8,14H,3,5,7,9-11H2,1-2H3. The highest BCUT2D eigenvalue weighted by molar-refractivity contribution is 7.99. The van der Waals surface area contributed by atoms with Gasteiger partial charge in [-0.25, -0.2) is 4.98 Å². The summed E-state index contributed by atoms with van der Waals surface area (Å²) in [6.07, 6.45) is 4.10. The van der Waals surface area contributed by atoms with E-state index in [0.29, 0.717) is 0 Å². The minimum absolute atomic E-state index is 0.823. The molecule has 1 N–H and O–H groups in total. The number of ether oxygens (including phenoxy) is 1. The molecule has 0 saturated carbocycles. The number of nitrogens with zero attached hydrogens (tertiary/aromatic N) is 1. The Bertz CT molecular complexity index is 307. The molecule has 17 heavy (non-hydrogen) atoms. The molecule has 0 amide bonds. The monoisotopic (exact) mass is 254 g/mol. The number of hydrogen-bond donors (Lipinski definition) is 1. The number of pyridine rings is 1. The van der Waals surface area contributed by atoms with Crippen molar-refractivity contribution in [2.45, 2.75) is 31.3 Å². The Labute approximate surface area is 108 Å². The first-order valence-electron chi connectivity index (χ1n) is 6.14. The molecule has 4 heteroatoms. The first-order valence-corrected chi connectivity index (χ1v) is 7.13. The van der Waals surface area contributed by atoms with Crippen LogP contribution in [0.15, 0.2) is 23.4 Å². The van der Waals surface area contributed by atoms with E-state index in [4.69, 9.17) is 4.74 Å². The Kier molecular flexibility index (Phi) is 8.05. The van der Waals surface area contributed by atoms with Crippen LogP contribution in [0.4, 0.5) is 0 Å². The average Bonchev–Trinajstić information content (AvgIpc) is 2.36. The molecule has 1 aromatic heterocycles. The molecule has 96 valence electrons. The van der Waals surface area contributed by atoms with Gasteiger partial charge in [0.25, 0.3) is 0 Å². The predicted molar refractivity (Wildman–Crippen MR) is 73.5 cm³/mol. The van der Waals surface area contributed by atoms with Crippen molar-refractivity contribution in [3.8, 4) is 0 Å². The van der Waals surface area contributed by atoms with Crippen LogP contribution in [0.2, 0.25) is 0 Å². The Morgan fingerprint density at radius 1 is 1.47 bits per heavy atom. The summed E-state index contributed by atoms with van der Waals surface area (Å²) in [7, 11) is 1.74. The third kappa shape index (κ3) is 6.05. The van der Waals surface area contributed by atoms with Crippen molar-refractivity contribution < 1.29 is 4.74 Å². The van der Waals surface area contributed by atoms with Crippen molar-refractivity contribution in [2.24, 2.45) is 0 Å². The van der Waals surface area contributed by atoms with Gasteiger partial charge in [0.05, 0.1) is 0 Å². The largest absolute Gasteiger partial charge is 0.385 e. The van der Waals surface area contributed by atoms with Gasteiger partial charge >= 0.3 is 0 Å². The lowest BCUT2D eigenvalue weighted by atomic mass is 10.3. The Morgan fingerprint density at radius 2 is 2.35 bits per heavy atom. The first-order chi connectivity index (χ1) is 8.38. The molecule has 0 bridgehead atoms. The van der Waals surface area contributed by atoms with Gasteiger partial charge in [0.2, 0.25) is 0 Å². The van der Waals surface area contributed by atoms with Gasteiger partial charge in [-0.2, -0.15) is 0 Å². The number of hydrogen-bond acceptors (Lipinski definition) is 4. The molecular formula is C13H22N2OS. The van der Waals surface area contributed by atoms with Gasteiger partial charge in [-0.3, -0.25) is 0 Å². The Balaban J connectivity index is 2.40. The van der Waals surface area contributed by atoms with E-state index >= 15 is 0 Å². The molecule has 1 aromatic rings. The van der Waals surface area contributed by atoms with Gasteiger partial charge in [0, 0.05) is 32.2 Å². The summed E-state index contributed by atoms with van der Waals surface area (Å²) in [5, 5.41) is 4.56. The van der Waals surface area contributed by atoms with Crippen LogP contribution in [0.25, 0.3) is 0 Å². The van der Waals surface area contributed by atoms with Crippen molar-refractivity contribution in [3.63, 3.8) is 0 Å². The summed E-state index contributed by atoms with van der Waals surface area (Å²) >= 11 is 1.81. The van der Waals surface area contributed by atoms with Crippen LogP contribution in [0.3, 0.4) is 0 Å². The topological polar surface area (TPSA) is 34.2 Å². The summed E-state index contributed by atoms with van der Waals surface area (Å²) in [6.45, 7) is 4.97. The molecule has 0 radical (unpaired) electrons. The molecule has 0 aliphatic heterocycles. The summed E-state index contributed by atoms with van der Waals surface area (Å²) < 4.78 is 5.04. The minimum Gasteiger partial charge on any atom is -0.385 e. The molecule has 0 fully saturated rings. The molecule has 1 heterocycles. The SMILES string of the molecule is CCCNCc1cccnc1SCCCOC. The highest BCUT2D eigenvalue weighted by atomic mass is 32.2. The maximum Gasteiger partial charge on any atom is 0.100 e. The maximum atomic E-state index is 5.04. The number of aromatic nitrogens is 1.